The molecule has 25 heavy (non-hydrogen) atoms. The van der Waals surface area contributed by atoms with Crippen molar-refractivity contribution in [1.29, 1.82) is 0 Å². The van der Waals surface area contributed by atoms with Crippen LogP contribution in [0.1, 0.15) is 35.5 Å². The largest absolute Gasteiger partial charge is 0.447 e. The number of hydrogen-bond donors (Lipinski definition) is 0. The molecule has 3 rings (SSSR count). The van der Waals surface area contributed by atoms with E-state index < -0.39 is 0 Å². The average Bonchev–Trinajstić information content (AvgIpc) is 3.31. The van der Waals surface area contributed by atoms with Crippen LogP contribution in [0.4, 0.5) is 0 Å². The Morgan fingerprint density at radius 2 is 2.36 bits per heavy atom. The fourth-order valence-corrected chi connectivity index (χ4v) is 3.01. The molecule has 0 bridgehead atoms. The van der Waals surface area contributed by atoms with Gasteiger partial charge in [0.05, 0.1) is 19.2 Å². The summed E-state index contributed by atoms with van der Waals surface area (Å²) in [4.78, 5) is 24.9. The monoisotopic (exact) mass is 347 g/mol. The quantitative estimate of drug-likeness (QED) is 0.751. The van der Waals surface area contributed by atoms with E-state index in [9.17, 15) is 4.79 Å². The minimum absolute atomic E-state index is 0.174. The molecule has 2 aromatic rings. The summed E-state index contributed by atoms with van der Waals surface area (Å²) in [6.45, 7) is 5.59. The van der Waals surface area contributed by atoms with Crippen molar-refractivity contribution in [2.45, 2.75) is 32.5 Å². The molecular formula is C17H25N5O3. The third kappa shape index (κ3) is 4.26. The number of nitrogens with zero attached hydrogens (tertiary/aromatic N) is 5. The van der Waals surface area contributed by atoms with Crippen molar-refractivity contribution in [2.24, 2.45) is 7.05 Å². The molecule has 8 nitrogen and oxygen atoms in total. The fraction of sp³-hybridized carbons (Fsp3) is 0.588. The number of oxazole rings is 1. The second kappa shape index (κ2) is 7.79. The molecule has 0 spiro atoms. The number of rotatable bonds is 7. The van der Waals surface area contributed by atoms with Crippen molar-refractivity contribution in [3.63, 3.8) is 0 Å². The van der Waals surface area contributed by atoms with Crippen LogP contribution in [0, 0.1) is 0 Å². The SMILES string of the molecule is CCOC1CCN(Cc2nc(C(=O)N(C)Cc3nccn3C)co2)C1. The van der Waals surface area contributed by atoms with E-state index in [-0.39, 0.29) is 12.0 Å². The first kappa shape index (κ1) is 17.6. The Morgan fingerprint density at radius 1 is 1.52 bits per heavy atom. The van der Waals surface area contributed by atoms with Crippen LogP contribution in [0.25, 0.3) is 0 Å². The van der Waals surface area contributed by atoms with E-state index in [2.05, 4.69) is 14.9 Å². The molecular weight excluding hydrogens is 322 g/mol. The van der Waals surface area contributed by atoms with Crippen molar-refractivity contribution in [3.8, 4) is 0 Å². The highest BCUT2D eigenvalue weighted by Gasteiger charge is 2.25. The lowest BCUT2D eigenvalue weighted by Crippen LogP contribution is -2.28. The highest BCUT2D eigenvalue weighted by atomic mass is 16.5. The molecule has 1 fully saturated rings. The van der Waals surface area contributed by atoms with Crippen LogP contribution < -0.4 is 0 Å². The minimum Gasteiger partial charge on any atom is -0.447 e. The van der Waals surface area contributed by atoms with E-state index in [0.717, 1.165) is 31.9 Å². The number of amides is 1. The fourth-order valence-electron chi connectivity index (χ4n) is 3.01. The number of carbonyl (C=O) groups excluding carboxylic acids is 1. The molecule has 2 aromatic heterocycles. The van der Waals surface area contributed by atoms with E-state index in [0.29, 0.717) is 24.7 Å². The van der Waals surface area contributed by atoms with Gasteiger partial charge in [0, 0.05) is 46.2 Å². The molecule has 3 heterocycles. The number of ether oxygens (including phenoxy) is 1. The lowest BCUT2D eigenvalue weighted by Gasteiger charge is -2.15. The van der Waals surface area contributed by atoms with Crippen LogP contribution in [0.5, 0.6) is 0 Å². The van der Waals surface area contributed by atoms with Crippen LogP contribution in [0.15, 0.2) is 23.1 Å². The maximum Gasteiger partial charge on any atom is 0.275 e. The zero-order chi connectivity index (χ0) is 17.8. The third-order valence-corrected chi connectivity index (χ3v) is 4.41. The molecule has 0 aliphatic carbocycles. The van der Waals surface area contributed by atoms with Crippen LogP contribution in [-0.4, -0.2) is 63.1 Å². The van der Waals surface area contributed by atoms with Crippen molar-refractivity contribution in [2.75, 3.05) is 26.7 Å². The van der Waals surface area contributed by atoms with Gasteiger partial charge in [-0.3, -0.25) is 9.69 Å². The normalized spacial score (nSPS) is 18.0. The molecule has 1 unspecified atom stereocenters. The number of imidazole rings is 1. The molecule has 0 radical (unpaired) electrons. The van der Waals surface area contributed by atoms with Gasteiger partial charge in [0.1, 0.15) is 12.1 Å². The van der Waals surface area contributed by atoms with Gasteiger partial charge in [0.2, 0.25) is 5.89 Å². The Hall–Kier alpha value is -2.19. The summed E-state index contributed by atoms with van der Waals surface area (Å²) >= 11 is 0. The predicted octanol–water partition coefficient (Wildman–Crippen LogP) is 1.29. The molecule has 0 aromatic carbocycles. The number of aromatic nitrogens is 3. The number of aryl methyl sites for hydroxylation is 1. The maximum atomic E-state index is 12.5. The van der Waals surface area contributed by atoms with Crippen molar-refractivity contribution in [1.82, 2.24) is 24.3 Å². The molecule has 1 amide bonds. The second-order valence-corrected chi connectivity index (χ2v) is 6.34. The maximum absolute atomic E-state index is 12.5. The van der Waals surface area contributed by atoms with E-state index >= 15 is 0 Å². The van der Waals surface area contributed by atoms with E-state index in [1.54, 1.807) is 18.1 Å². The van der Waals surface area contributed by atoms with Crippen LogP contribution >= 0.6 is 0 Å². The summed E-state index contributed by atoms with van der Waals surface area (Å²) < 4.78 is 13.0. The van der Waals surface area contributed by atoms with Gasteiger partial charge in [-0.15, -0.1) is 0 Å². The number of carbonyl (C=O) groups is 1. The summed E-state index contributed by atoms with van der Waals surface area (Å²) in [6, 6.07) is 0. The summed E-state index contributed by atoms with van der Waals surface area (Å²) in [6.07, 6.45) is 6.31. The Labute approximate surface area is 147 Å². The van der Waals surface area contributed by atoms with E-state index in [1.807, 2.05) is 24.7 Å². The Balaban J connectivity index is 1.55. The van der Waals surface area contributed by atoms with Gasteiger partial charge in [-0.05, 0) is 13.3 Å². The van der Waals surface area contributed by atoms with Crippen LogP contribution in [-0.2, 0) is 24.9 Å². The third-order valence-electron chi connectivity index (χ3n) is 4.41. The van der Waals surface area contributed by atoms with Crippen molar-refractivity contribution < 1.29 is 13.9 Å². The number of likely N-dealkylation sites (tertiary alicyclic amines) is 1. The van der Waals surface area contributed by atoms with Gasteiger partial charge in [-0.2, -0.15) is 0 Å². The molecule has 1 saturated heterocycles. The van der Waals surface area contributed by atoms with Gasteiger partial charge >= 0.3 is 0 Å². The van der Waals surface area contributed by atoms with Crippen molar-refractivity contribution >= 4 is 5.91 Å². The number of hydrogen-bond acceptors (Lipinski definition) is 6. The zero-order valence-corrected chi connectivity index (χ0v) is 15.0. The molecule has 1 atom stereocenters. The van der Waals surface area contributed by atoms with Gasteiger partial charge in [-0.1, -0.05) is 0 Å². The lowest BCUT2D eigenvalue weighted by molar-refractivity contribution is 0.0675. The molecule has 8 heteroatoms. The first-order chi connectivity index (χ1) is 12.1. The molecule has 1 aliphatic heterocycles. The summed E-state index contributed by atoms with van der Waals surface area (Å²) in [5.74, 6) is 1.20. The lowest BCUT2D eigenvalue weighted by atomic mass is 10.3. The van der Waals surface area contributed by atoms with Gasteiger partial charge in [0.25, 0.3) is 5.91 Å². The highest BCUT2D eigenvalue weighted by molar-refractivity contribution is 5.91. The summed E-state index contributed by atoms with van der Waals surface area (Å²) in [7, 11) is 3.64. The van der Waals surface area contributed by atoms with Gasteiger partial charge < -0.3 is 18.6 Å². The van der Waals surface area contributed by atoms with Gasteiger partial charge in [0.15, 0.2) is 5.69 Å². The molecule has 0 N–H and O–H groups in total. The predicted molar refractivity (Wildman–Crippen MR) is 90.8 cm³/mol. The average molecular weight is 347 g/mol. The van der Waals surface area contributed by atoms with E-state index in [4.69, 9.17) is 9.15 Å². The molecule has 1 aliphatic rings. The smallest absolute Gasteiger partial charge is 0.275 e. The first-order valence-corrected chi connectivity index (χ1v) is 8.56. The van der Waals surface area contributed by atoms with Gasteiger partial charge in [-0.25, -0.2) is 9.97 Å². The Kier molecular flexibility index (Phi) is 5.50. The molecule has 136 valence electrons. The summed E-state index contributed by atoms with van der Waals surface area (Å²) in [5, 5.41) is 0. The second-order valence-electron chi connectivity index (χ2n) is 6.34. The highest BCUT2D eigenvalue weighted by Crippen LogP contribution is 2.16. The van der Waals surface area contributed by atoms with Crippen molar-refractivity contribution in [3.05, 3.63) is 36.1 Å². The molecule has 0 saturated carbocycles. The first-order valence-electron chi connectivity index (χ1n) is 8.56. The van der Waals surface area contributed by atoms with Crippen LogP contribution in [0.3, 0.4) is 0 Å². The summed E-state index contributed by atoms with van der Waals surface area (Å²) in [5.41, 5.74) is 0.326. The Morgan fingerprint density at radius 3 is 3.08 bits per heavy atom. The minimum atomic E-state index is -0.174. The Bertz CT molecular complexity index is 711. The van der Waals surface area contributed by atoms with Crippen LogP contribution in [0.2, 0.25) is 0 Å². The topological polar surface area (TPSA) is 76.6 Å². The standard InChI is InChI=1S/C17H25N5O3/c1-4-24-13-5-7-22(9-13)11-16-19-14(12-25-16)17(23)21(3)10-15-18-6-8-20(15)2/h6,8,12-13H,4-5,7,9-11H2,1-3H3. The zero-order valence-electron chi connectivity index (χ0n) is 15.0. The van der Waals surface area contributed by atoms with E-state index in [1.165, 1.54) is 6.26 Å².